The van der Waals surface area contributed by atoms with Crippen molar-refractivity contribution in [3.05, 3.63) is 41.7 Å². The van der Waals surface area contributed by atoms with E-state index in [4.69, 9.17) is 0 Å². The van der Waals surface area contributed by atoms with Crippen molar-refractivity contribution in [3.63, 3.8) is 0 Å². The number of nitrogens with zero attached hydrogens (tertiary/aromatic N) is 1. The number of H-pyrrole nitrogens is 1. The number of aromatic nitrogens is 2. The molecule has 0 aliphatic heterocycles. The highest BCUT2D eigenvalue weighted by atomic mass is 32.2. The summed E-state index contributed by atoms with van der Waals surface area (Å²) in [6.45, 7) is 2.99. The van der Waals surface area contributed by atoms with Crippen LogP contribution in [0.1, 0.15) is 23.0 Å². The predicted molar refractivity (Wildman–Crippen MR) is 70.6 cm³/mol. The Morgan fingerprint density at radius 2 is 2.00 bits per heavy atom. The summed E-state index contributed by atoms with van der Waals surface area (Å²) in [5.74, 6) is -0.206. The summed E-state index contributed by atoms with van der Waals surface area (Å²) in [6, 6.07) is 6.45. The number of Topliss-reactive ketones (excluding diaryl/α,β-unsaturated/α-hetero) is 1. The molecule has 0 radical (unpaired) electrons. The molecule has 0 aliphatic carbocycles. The van der Waals surface area contributed by atoms with E-state index in [-0.39, 0.29) is 16.4 Å². The third-order valence-electron chi connectivity index (χ3n) is 2.62. The number of hydrogen-bond acceptors (Lipinski definition) is 4. The molecule has 19 heavy (non-hydrogen) atoms. The highest BCUT2D eigenvalue weighted by Gasteiger charge is 2.20. The Bertz CT molecular complexity index is 719. The van der Waals surface area contributed by atoms with Gasteiger partial charge >= 0.3 is 0 Å². The Morgan fingerprint density at radius 1 is 1.32 bits per heavy atom. The molecule has 2 aromatic rings. The molecule has 2 N–H and O–H groups in total. The van der Waals surface area contributed by atoms with Crippen molar-refractivity contribution in [2.45, 2.75) is 18.7 Å². The standard InChI is InChI=1S/C12H13N3O3S/c1-8-12(7-13-14-8)19(17,18)15-11-6-4-3-5-10(11)9(2)16/h3-7,15H,1-2H3,(H,13,14). The zero-order valence-corrected chi connectivity index (χ0v) is 11.3. The van der Waals surface area contributed by atoms with Gasteiger partial charge in [-0.15, -0.1) is 0 Å². The first-order chi connectivity index (χ1) is 8.92. The number of hydrogen-bond donors (Lipinski definition) is 2. The van der Waals surface area contributed by atoms with Crippen molar-refractivity contribution in [2.75, 3.05) is 4.72 Å². The quantitative estimate of drug-likeness (QED) is 0.833. The third kappa shape index (κ3) is 2.65. The number of benzene rings is 1. The Labute approximate surface area is 110 Å². The highest BCUT2D eigenvalue weighted by molar-refractivity contribution is 7.92. The van der Waals surface area contributed by atoms with Gasteiger partial charge in [0.2, 0.25) is 0 Å². The lowest BCUT2D eigenvalue weighted by atomic mass is 10.1. The van der Waals surface area contributed by atoms with Crippen molar-refractivity contribution >= 4 is 21.5 Å². The van der Waals surface area contributed by atoms with E-state index in [0.29, 0.717) is 11.3 Å². The molecule has 0 saturated carbocycles. The van der Waals surface area contributed by atoms with E-state index >= 15 is 0 Å². The Kier molecular flexibility index (Phi) is 3.39. The molecule has 0 unspecified atom stereocenters. The Hall–Kier alpha value is -2.15. The van der Waals surface area contributed by atoms with Gasteiger partial charge in [0.15, 0.2) is 5.78 Å². The van der Waals surface area contributed by atoms with E-state index in [1.807, 2.05) is 0 Å². The first-order valence-electron chi connectivity index (χ1n) is 5.54. The van der Waals surface area contributed by atoms with Crippen LogP contribution >= 0.6 is 0 Å². The number of anilines is 1. The summed E-state index contributed by atoms with van der Waals surface area (Å²) in [6.07, 6.45) is 1.23. The minimum Gasteiger partial charge on any atom is -0.294 e. The highest BCUT2D eigenvalue weighted by Crippen LogP contribution is 2.21. The molecule has 1 aromatic heterocycles. The first kappa shape index (κ1) is 13.3. The van der Waals surface area contributed by atoms with Crippen LogP contribution < -0.4 is 4.72 Å². The SMILES string of the molecule is CC(=O)c1ccccc1NS(=O)(=O)c1cn[nH]c1C. The Morgan fingerprint density at radius 3 is 2.58 bits per heavy atom. The molecule has 6 nitrogen and oxygen atoms in total. The van der Waals surface area contributed by atoms with Crippen LogP contribution in [-0.4, -0.2) is 24.4 Å². The van der Waals surface area contributed by atoms with Crippen molar-refractivity contribution in [2.24, 2.45) is 0 Å². The first-order valence-corrected chi connectivity index (χ1v) is 7.03. The molecule has 1 aromatic carbocycles. The van der Waals surface area contributed by atoms with Crippen LogP contribution in [0.5, 0.6) is 0 Å². The van der Waals surface area contributed by atoms with Crippen molar-refractivity contribution in [3.8, 4) is 0 Å². The van der Waals surface area contributed by atoms with Gasteiger partial charge < -0.3 is 0 Å². The molecule has 0 aliphatic rings. The lowest BCUT2D eigenvalue weighted by Gasteiger charge is -2.10. The average Bonchev–Trinajstić information content (AvgIpc) is 2.76. The molecule has 2 rings (SSSR count). The maximum absolute atomic E-state index is 12.2. The molecule has 0 fully saturated rings. The summed E-state index contributed by atoms with van der Waals surface area (Å²) < 4.78 is 26.8. The van der Waals surface area contributed by atoms with Crippen LogP contribution in [-0.2, 0) is 10.0 Å². The minimum atomic E-state index is -3.75. The second-order valence-corrected chi connectivity index (χ2v) is 5.72. The van der Waals surface area contributed by atoms with Crippen molar-refractivity contribution < 1.29 is 13.2 Å². The van der Waals surface area contributed by atoms with Gasteiger partial charge in [0.1, 0.15) is 4.90 Å². The van der Waals surface area contributed by atoms with E-state index in [0.717, 1.165) is 0 Å². The van der Waals surface area contributed by atoms with Crippen LogP contribution in [0.3, 0.4) is 0 Å². The van der Waals surface area contributed by atoms with Gasteiger partial charge in [-0.25, -0.2) is 8.42 Å². The van der Waals surface area contributed by atoms with Gasteiger partial charge in [-0.05, 0) is 26.0 Å². The number of carbonyl (C=O) groups excluding carboxylic acids is 1. The average molecular weight is 279 g/mol. The summed E-state index contributed by atoms with van der Waals surface area (Å²) in [5.41, 5.74) is 1.02. The molecule has 0 bridgehead atoms. The molecule has 0 saturated heterocycles. The van der Waals surface area contributed by atoms with Crippen LogP contribution in [0.25, 0.3) is 0 Å². The smallest absolute Gasteiger partial charge is 0.265 e. The van der Waals surface area contributed by atoms with Gasteiger partial charge in [-0.2, -0.15) is 5.10 Å². The molecule has 7 heteroatoms. The van der Waals surface area contributed by atoms with E-state index in [9.17, 15) is 13.2 Å². The fourth-order valence-electron chi connectivity index (χ4n) is 1.69. The van der Waals surface area contributed by atoms with Gasteiger partial charge in [-0.1, -0.05) is 12.1 Å². The zero-order valence-electron chi connectivity index (χ0n) is 10.5. The summed E-state index contributed by atoms with van der Waals surface area (Å²) in [5, 5.41) is 6.24. The van der Waals surface area contributed by atoms with E-state index in [2.05, 4.69) is 14.9 Å². The lowest BCUT2D eigenvalue weighted by molar-refractivity contribution is 0.101. The number of nitrogens with one attached hydrogen (secondary N) is 2. The fourth-order valence-corrected chi connectivity index (χ4v) is 2.91. The number of sulfonamides is 1. The second-order valence-electron chi connectivity index (χ2n) is 4.07. The maximum Gasteiger partial charge on any atom is 0.265 e. The molecule has 0 atom stereocenters. The van der Waals surface area contributed by atoms with Crippen LogP contribution in [0.4, 0.5) is 5.69 Å². The van der Waals surface area contributed by atoms with E-state index in [1.165, 1.54) is 13.1 Å². The van der Waals surface area contributed by atoms with E-state index in [1.54, 1.807) is 31.2 Å². The van der Waals surface area contributed by atoms with Crippen LogP contribution in [0.2, 0.25) is 0 Å². The summed E-state index contributed by atoms with van der Waals surface area (Å²) >= 11 is 0. The topological polar surface area (TPSA) is 91.9 Å². The molecule has 0 spiro atoms. The molecule has 0 amide bonds. The number of aryl methyl sites for hydroxylation is 1. The summed E-state index contributed by atoms with van der Waals surface area (Å²) in [7, 11) is -3.75. The Balaban J connectivity index is 2.42. The number of para-hydroxylation sites is 1. The van der Waals surface area contributed by atoms with Gasteiger partial charge in [-0.3, -0.25) is 14.6 Å². The maximum atomic E-state index is 12.2. The lowest BCUT2D eigenvalue weighted by Crippen LogP contribution is -2.15. The van der Waals surface area contributed by atoms with Gasteiger partial charge in [0.25, 0.3) is 10.0 Å². The van der Waals surface area contributed by atoms with Crippen LogP contribution in [0, 0.1) is 6.92 Å². The normalized spacial score (nSPS) is 11.3. The predicted octanol–water partition coefficient (Wildman–Crippen LogP) is 1.72. The third-order valence-corrected chi connectivity index (χ3v) is 4.10. The molecule has 1 heterocycles. The second kappa shape index (κ2) is 4.85. The number of rotatable bonds is 4. The number of aromatic amines is 1. The fraction of sp³-hybridized carbons (Fsp3) is 0.167. The molecular weight excluding hydrogens is 266 g/mol. The van der Waals surface area contributed by atoms with Gasteiger partial charge in [0.05, 0.1) is 17.6 Å². The van der Waals surface area contributed by atoms with Crippen LogP contribution in [0.15, 0.2) is 35.4 Å². The monoisotopic (exact) mass is 279 g/mol. The molecular formula is C12H13N3O3S. The van der Waals surface area contributed by atoms with Crippen molar-refractivity contribution in [1.29, 1.82) is 0 Å². The minimum absolute atomic E-state index is 0.0610. The number of carbonyl (C=O) groups is 1. The largest absolute Gasteiger partial charge is 0.294 e. The molecule has 100 valence electrons. The van der Waals surface area contributed by atoms with Crippen molar-refractivity contribution in [1.82, 2.24) is 10.2 Å². The van der Waals surface area contributed by atoms with E-state index < -0.39 is 10.0 Å². The van der Waals surface area contributed by atoms with Gasteiger partial charge in [0, 0.05) is 5.56 Å². The zero-order chi connectivity index (χ0) is 14.0. The summed E-state index contributed by atoms with van der Waals surface area (Å²) in [4.78, 5) is 11.5. The number of ketones is 1.